The van der Waals surface area contributed by atoms with Gasteiger partial charge in [0, 0.05) is 51.4 Å². The Morgan fingerprint density at radius 2 is 1.62 bits per heavy atom. The van der Waals surface area contributed by atoms with E-state index in [0.29, 0.717) is 6.42 Å². The number of nitrogens with zero attached hydrogens (tertiary/aromatic N) is 2. The summed E-state index contributed by atoms with van der Waals surface area (Å²) in [6.07, 6.45) is 2.66. The number of benzene rings is 2. The van der Waals surface area contributed by atoms with E-state index in [9.17, 15) is 4.79 Å². The van der Waals surface area contributed by atoms with Gasteiger partial charge in [-0.1, -0.05) is 36.4 Å². The lowest BCUT2D eigenvalue weighted by atomic mass is 10.0. The molecule has 29 heavy (non-hydrogen) atoms. The van der Waals surface area contributed by atoms with Crippen molar-refractivity contribution < 1.29 is 4.79 Å². The zero-order valence-electron chi connectivity index (χ0n) is 17.2. The van der Waals surface area contributed by atoms with Crippen LogP contribution < -0.4 is 10.6 Å². The van der Waals surface area contributed by atoms with Gasteiger partial charge in [0.2, 0.25) is 5.91 Å². The Labute approximate surface area is 174 Å². The van der Waals surface area contributed by atoms with Crippen LogP contribution in [-0.4, -0.2) is 61.5 Å². The maximum atomic E-state index is 12.4. The van der Waals surface area contributed by atoms with Crippen LogP contribution in [0.5, 0.6) is 0 Å². The molecule has 4 rings (SSSR count). The Morgan fingerprint density at radius 1 is 0.897 bits per heavy atom. The standard InChI is InChI=1S/C24H32N4O/c29-24(26-23-7-6-21-8-11-25-12-9-22(21)18-23)10-13-27-14-16-28(17-15-27)19-20-4-2-1-3-5-20/h1-7,18,25H,8-17,19H2,(H,26,29). The first-order chi connectivity index (χ1) is 14.3. The second-order valence-electron chi connectivity index (χ2n) is 8.14. The molecular weight excluding hydrogens is 360 g/mol. The first kappa shape index (κ1) is 20.1. The molecular formula is C24H32N4O. The van der Waals surface area contributed by atoms with Crippen molar-refractivity contribution in [3.63, 3.8) is 0 Å². The van der Waals surface area contributed by atoms with E-state index in [4.69, 9.17) is 0 Å². The molecule has 2 heterocycles. The number of carbonyl (C=O) groups excluding carboxylic acids is 1. The number of carbonyl (C=O) groups is 1. The van der Waals surface area contributed by atoms with Crippen molar-refractivity contribution in [1.82, 2.24) is 15.1 Å². The fourth-order valence-electron chi connectivity index (χ4n) is 4.25. The molecule has 1 fully saturated rings. The second-order valence-corrected chi connectivity index (χ2v) is 8.14. The van der Waals surface area contributed by atoms with Gasteiger partial charge in [-0.3, -0.25) is 9.69 Å². The molecule has 0 bridgehead atoms. The van der Waals surface area contributed by atoms with E-state index in [-0.39, 0.29) is 5.91 Å². The summed E-state index contributed by atoms with van der Waals surface area (Å²) in [5.74, 6) is 0.114. The molecule has 2 aromatic rings. The van der Waals surface area contributed by atoms with E-state index in [1.807, 2.05) is 6.07 Å². The molecule has 2 aromatic carbocycles. The molecule has 2 N–H and O–H groups in total. The van der Waals surface area contributed by atoms with Gasteiger partial charge in [0.15, 0.2) is 0 Å². The zero-order chi connectivity index (χ0) is 19.9. The van der Waals surface area contributed by atoms with Gasteiger partial charge in [0.1, 0.15) is 0 Å². The number of nitrogens with one attached hydrogen (secondary N) is 2. The van der Waals surface area contributed by atoms with E-state index in [0.717, 1.165) is 70.9 Å². The molecule has 1 saturated heterocycles. The van der Waals surface area contributed by atoms with E-state index >= 15 is 0 Å². The molecule has 5 heteroatoms. The predicted molar refractivity (Wildman–Crippen MR) is 118 cm³/mol. The predicted octanol–water partition coefficient (Wildman–Crippen LogP) is 2.52. The maximum absolute atomic E-state index is 12.4. The molecule has 0 spiro atoms. The minimum absolute atomic E-state index is 0.114. The smallest absolute Gasteiger partial charge is 0.225 e. The molecule has 1 amide bonds. The Kier molecular flexibility index (Phi) is 6.93. The molecule has 0 radical (unpaired) electrons. The normalized spacial score (nSPS) is 18.1. The summed E-state index contributed by atoms with van der Waals surface area (Å²) in [7, 11) is 0. The number of fused-ring (bicyclic) bond motifs is 1. The molecule has 2 aliphatic heterocycles. The number of hydrogen-bond donors (Lipinski definition) is 2. The molecule has 0 unspecified atom stereocenters. The van der Waals surface area contributed by atoms with Crippen LogP contribution in [-0.2, 0) is 24.2 Å². The third-order valence-corrected chi connectivity index (χ3v) is 6.00. The van der Waals surface area contributed by atoms with E-state index in [1.165, 1.54) is 16.7 Å². The molecule has 0 saturated carbocycles. The van der Waals surface area contributed by atoms with Crippen LogP contribution in [0.3, 0.4) is 0 Å². The van der Waals surface area contributed by atoms with Crippen LogP contribution in [0.25, 0.3) is 0 Å². The Bertz CT molecular complexity index is 800. The summed E-state index contributed by atoms with van der Waals surface area (Å²) in [6.45, 7) is 8.10. The van der Waals surface area contributed by atoms with Crippen molar-refractivity contribution in [1.29, 1.82) is 0 Å². The third kappa shape index (κ3) is 5.89. The lowest BCUT2D eigenvalue weighted by Crippen LogP contribution is -2.46. The quantitative estimate of drug-likeness (QED) is 0.793. The lowest BCUT2D eigenvalue weighted by Gasteiger charge is -2.34. The fourth-order valence-corrected chi connectivity index (χ4v) is 4.25. The van der Waals surface area contributed by atoms with Crippen molar-refractivity contribution in [2.45, 2.75) is 25.8 Å². The van der Waals surface area contributed by atoms with E-state index in [2.05, 4.69) is 62.9 Å². The van der Waals surface area contributed by atoms with Crippen LogP contribution in [0.2, 0.25) is 0 Å². The average molecular weight is 393 g/mol. The third-order valence-electron chi connectivity index (χ3n) is 6.00. The lowest BCUT2D eigenvalue weighted by molar-refractivity contribution is -0.116. The van der Waals surface area contributed by atoms with E-state index < -0.39 is 0 Å². The summed E-state index contributed by atoms with van der Waals surface area (Å²) in [6, 6.07) is 17.0. The fraction of sp³-hybridized carbons (Fsp3) is 0.458. The van der Waals surface area contributed by atoms with Gasteiger partial charge >= 0.3 is 0 Å². The summed E-state index contributed by atoms with van der Waals surface area (Å²) in [4.78, 5) is 17.3. The first-order valence-electron chi connectivity index (χ1n) is 10.9. The van der Waals surface area contributed by atoms with Gasteiger partial charge in [0.05, 0.1) is 0 Å². The van der Waals surface area contributed by atoms with Crippen LogP contribution in [0.15, 0.2) is 48.5 Å². The maximum Gasteiger partial charge on any atom is 0.225 e. The minimum Gasteiger partial charge on any atom is -0.326 e. The highest BCUT2D eigenvalue weighted by atomic mass is 16.1. The summed E-state index contributed by atoms with van der Waals surface area (Å²) in [5, 5.41) is 6.53. The largest absolute Gasteiger partial charge is 0.326 e. The number of amides is 1. The Morgan fingerprint density at radius 3 is 2.41 bits per heavy atom. The summed E-state index contributed by atoms with van der Waals surface area (Å²) >= 11 is 0. The van der Waals surface area contributed by atoms with Gasteiger partial charge in [-0.25, -0.2) is 0 Å². The first-order valence-corrected chi connectivity index (χ1v) is 10.9. The topological polar surface area (TPSA) is 47.6 Å². The van der Waals surface area contributed by atoms with Gasteiger partial charge < -0.3 is 15.5 Å². The van der Waals surface area contributed by atoms with Crippen molar-refractivity contribution in [2.75, 3.05) is 51.1 Å². The number of rotatable bonds is 6. The van der Waals surface area contributed by atoms with Gasteiger partial charge in [0.25, 0.3) is 0 Å². The average Bonchev–Trinajstić information content (AvgIpc) is 2.99. The Hall–Kier alpha value is -2.21. The minimum atomic E-state index is 0.114. The van der Waals surface area contributed by atoms with Gasteiger partial charge in [-0.05, 0) is 54.8 Å². The second kappa shape index (κ2) is 10.0. The van der Waals surface area contributed by atoms with Crippen LogP contribution >= 0.6 is 0 Å². The molecule has 0 aromatic heterocycles. The molecule has 0 atom stereocenters. The van der Waals surface area contributed by atoms with Gasteiger partial charge in [-0.15, -0.1) is 0 Å². The molecule has 154 valence electrons. The highest BCUT2D eigenvalue weighted by molar-refractivity contribution is 5.90. The van der Waals surface area contributed by atoms with Crippen LogP contribution in [0.1, 0.15) is 23.1 Å². The van der Waals surface area contributed by atoms with Crippen molar-refractivity contribution in [3.8, 4) is 0 Å². The number of anilines is 1. The van der Waals surface area contributed by atoms with Crippen LogP contribution in [0, 0.1) is 0 Å². The molecule has 5 nitrogen and oxygen atoms in total. The molecule has 0 aliphatic carbocycles. The highest BCUT2D eigenvalue weighted by Gasteiger charge is 2.18. The summed E-state index contributed by atoms with van der Waals surface area (Å²) in [5.41, 5.74) is 5.07. The number of hydrogen-bond acceptors (Lipinski definition) is 4. The van der Waals surface area contributed by atoms with Gasteiger partial charge in [-0.2, -0.15) is 0 Å². The van der Waals surface area contributed by atoms with Crippen molar-refractivity contribution >= 4 is 11.6 Å². The zero-order valence-corrected chi connectivity index (χ0v) is 17.2. The molecule has 2 aliphatic rings. The van der Waals surface area contributed by atoms with Crippen molar-refractivity contribution in [2.24, 2.45) is 0 Å². The SMILES string of the molecule is O=C(CCN1CCN(Cc2ccccc2)CC1)Nc1ccc2c(c1)CCNCC2. The van der Waals surface area contributed by atoms with Crippen LogP contribution in [0.4, 0.5) is 5.69 Å². The highest BCUT2D eigenvalue weighted by Crippen LogP contribution is 2.19. The number of piperazine rings is 1. The van der Waals surface area contributed by atoms with Crippen molar-refractivity contribution in [3.05, 3.63) is 65.2 Å². The van der Waals surface area contributed by atoms with E-state index in [1.54, 1.807) is 0 Å². The summed E-state index contributed by atoms with van der Waals surface area (Å²) < 4.78 is 0. The monoisotopic (exact) mass is 392 g/mol. The Balaban J connectivity index is 1.19.